The van der Waals surface area contributed by atoms with Gasteiger partial charge in [-0.25, -0.2) is 4.98 Å². The molecule has 1 heterocycles. The van der Waals surface area contributed by atoms with Gasteiger partial charge in [0.15, 0.2) is 0 Å². The van der Waals surface area contributed by atoms with Crippen LogP contribution in [-0.4, -0.2) is 18.6 Å². The molecule has 0 amide bonds. The molecule has 0 atom stereocenters. The van der Waals surface area contributed by atoms with Crippen LogP contribution in [0.4, 0.5) is 11.5 Å². The Balaban J connectivity index is 2.20. The van der Waals surface area contributed by atoms with Crippen LogP contribution in [0.15, 0.2) is 42.6 Å². The molecule has 0 aliphatic carbocycles. The summed E-state index contributed by atoms with van der Waals surface area (Å²) in [5.74, 6) is 0.946. The number of benzene rings is 1. The van der Waals surface area contributed by atoms with E-state index in [2.05, 4.69) is 47.1 Å². The van der Waals surface area contributed by atoms with Gasteiger partial charge < -0.3 is 10.6 Å². The molecule has 0 spiro atoms. The largest absolute Gasteiger partial charge is 0.330 e. The lowest BCUT2D eigenvalue weighted by Gasteiger charge is -2.19. The number of pyridine rings is 1. The fourth-order valence-electron chi connectivity index (χ4n) is 1.90. The first kappa shape index (κ1) is 12.6. The molecule has 0 aliphatic heterocycles. The summed E-state index contributed by atoms with van der Waals surface area (Å²) < 4.78 is 0. The van der Waals surface area contributed by atoms with E-state index in [1.807, 2.05) is 19.3 Å². The van der Waals surface area contributed by atoms with Gasteiger partial charge in [0, 0.05) is 18.9 Å². The van der Waals surface area contributed by atoms with Crippen LogP contribution < -0.4 is 10.6 Å². The van der Waals surface area contributed by atoms with E-state index >= 15 is 0 Å². The minimum Gasteiger partial charge on any atom is -0.330 e. The first-order chi connectivity index (χ1) is 8.70. The van der Waals surface area contributed by atoms with E-state index in [0.717, 1.165) is 17.9 Å². The number of nitrogens with two attached hydrogens (primary N) is 1. The van der Waals surface area contributed by atoms with Crippen molar-refractivity contribution in [1.82, 2.24) is 4.98 Å². The van der Waals surface area contributed by atoms with Gasteiger partial charge in [0.2, 0.25) is 0 Å². The molecule has 0 saturated carbocycles. The van der Waals surface area contributed by atoms with Gasteiger partial charge in [0.25, 0.3) is 0 Å². The number of hydrogen-bond acceptors (Lipinski definition) is 3. The van der Waals surface area contributed by atoms with Gasteiger partial charge in [-0.2, -0.15) is 0 Å². The Kier molecular flexibility index (Phi) is 3.95. The molecule has 2 rings (SSSR count). The average Bonchev–Trinajstić information content (AvgIpc) is 2.39. The third-order valence-corrected chi connectivity index (χ3v) is 2.97. The number of anilines is 2. The second-order valence-electron chi connectivity index (χ2n) is 4.46. The minimum absolute atomic E-state index is 0.661. The summed E-state index contributed by atoms with van der Waals surface area (Å²) in [4.78, 5) is 6.56. The van der Waals surface area contributed by atoms with E-state index in [1.165, 1.54) is 11.1 Å². The highest BCUT2D eigenvalue weighted by molar-refractivity contribution is 5.59. The zero-order valence-electron chi connectivity index (χ0n) is 10.9. The van der Waals surface area contributed by atoms with Crippen LogP contribution in [-0.2, 0) is 6.42 Å². The summed E-state index contributed by atoms with van der Waals surface area (Å²) in [6.07, 6.45) is 2.77. The van der Waals surface area contributed by atoms with E-state index < -0.39 is 0 Å². The molecule has 0 aliphatic rings. The van der Waals surface area contributed by atoms with Crippen LogP contribution in [0.1, 0.15) is 11.1 Å². The summed E-state index contributed by atoms with van der Waals surface area (Å²) in [7, 11) is 2.03. The minimum atomic E-state index is 0.661. The van der Waals surface area contributed by atoms with E-state index in [9.17, 15) is 0 Å². The van der Waals surface area contributed by atoms with Crippen LogP contribution in [0, 0.1) is 6.92 Å². The van der Waals surface area contributed by atoms with Crippen molar-refractivity contribution < 1.29 is 0 Å². The van der Waals surface area contributed by atoms with Gasteiger partial charge in [0.05, 0.1) is 0 Å². The molecule has 18 heavy (non-hydrogen) atoms. The number of rotatable bonds is 4. The van der Waals surface area contributed by atoms with Gasteiger partial charge in [-0.3, -0.25) is 0 Å². The molecule has 1 aromatic heterocycles. The molecule has 94 valence electrons. The second kappa shape index (κ2) is 5.65. The lowest BCUT2D eigenvalue weighted by molar-refractivity contribution is 0.955. The molecule has 3 heteroatoms. The quantitative estimate of drug-likeness (QED) is 0.894. The van der Waals surface area contributed by atoms with E-state index in [4.69, 9.17) is 5.73 Å². The molecule has 0 saturated heterocycles. The second-order valence-corrected chi connectivity index (χ2v) is 4.46. The van der Waals surface area contributed by atoms with Crippen molar-refractivity contribution in [3.05, 3.63) is 53.7 Å². The number of nitrogens with zero attached hydrogens (tertiary/aromatic N) is 2. The highest BCUT2D eigenvalue weighted by atomic mass is 15.2. The molecule has 0 fully saturated rings. The standard InChI is InChI=1S/C15H19N3/c1-12-4-3-5-14(10-12)18(2)15-7-6-13(8-9-16)11-17-15/h3-7,10-11H,8-9,16H2,1-2H3. The Morgan fingerprint density at radius 3 is 2.67 bits per heavy atom. The predicted octanol–water partition coefficient (Wildman–Crippen LogP) is 2.66. The van der Waals surface area contributed by atoms with Gasteiger partial charge >= 0.3 is 0 Å². The smallest absolute Gasteiger partial charge is 0.132 e. The first-order valence-electron chi connectivity index (χ1n) is 6.16. The Hall–Kier alpha value is -1.87. The Bertz CT molecular complexity index is 505. The van der Waals surface area contributed by atoms with Crippen LogP contribution in [0.5, 0.6) is 0 Å². The number of aryl methyl sites for hydroxylation is 1. The zero-order valence-corrected chi connectivity index (χ0v) is 10.9. The fraction of sp³-hybridized carbons (Fsp3) is 0.267. The monoisotopic (exact) mass is 241 g/mol. The van der Waals surface area contributed by atoms with Crippen molar-refractivity contribution in [3.8, 4) is 0 Å². The van der Waals surface area contributed by atoms with Crippen LogP contribution in [0.3, 0.4) is 0 Å². The maximum Gasteiger partial charge on any atom is 0.132 e. The SMILES string of the molecule is Cc1cccc(N(C)c2ccc(CCN)cn2)c1. The first-order valence-corrected chi connectivity index (χ1v) is 6.16. The van der Waals surface area contributed by atoms with E-state index in [1.54, 1.807) is 0 Å². The highest BCUT2D eigenvalue weighted by Gasteiger charge is 2.05. The van der Waals surface area contributed by atoms with E-state index in [-0.39, 0.29) is 0 Å². The summed E-state index contributed by atoms with van der Waals surface area (Å²) in [5, 5.41) is 0. The summed E-state index contributed by atoms with van der Waals surface area (Å²) in [5.41, 5.74) is 9.10. The average molecular weight is 241 g/mol. The molecule has 0 unspecified atom stereocenters. The number of hydrogen-bond donors (Lipinski definition) is 1. The van der Waals surface area contributed by atoms with Crippen LogP contribution >= 0.6 is 0 Å². The van der Waals surface area contributed by atoms with Crippen LogP contribution in [0.25, 0.3) is 0 Å². The molecule has 2 aromatic rings. The van der Waals surface area contributed by atoms with Crippen molar-refractivity contribution in [2.75, 3.05) is 18.5 Å². The molecular weight excluding hydrogens is 222 g/mol. The van der Waals surface area contributed by atoms with Gasteiger partial charge in [0.1, 0.15) is 5.82 Å². The fourth-order valence-corrected chi connectivity index (χ4v) is 1.90. The normalized spacial score (nSPS) is 10.4. The van der Waals surface area contributed by atoms with Gasteiger partial charge in [-0.15, -0.1) is 0 Å². The third-order valence-electron chi connectivity index (χ3n) is 2.97. The molecule has 3 nitrogen and oxygen atoms in total. The predicted molar refractivity (Wildman–Crippen MR) is 76.2 cm³/mol. The molecule has 0 bridgehead atoms. The molecule has 2 N–H and O–H groups in total. The summed E-state index contributed by atoms with van der Waals surface area (Å²) in [6.45, 7) is 2.75. The maximum atomic E-state index is 5.53. The molecule has 1 aromatic carbocycles. The third kappa shape index (κ3) is 2.87. The Morgan fingerprint density at radius 1 is 1.22 bits per heavy atom. The van der Waals surface area contributed by atoms with Crippen molar-refractivity contribution in [3.63, 3.8) is 0 Å². The Morgan fingerprint density at radius 2 is 2.06 bits per heavy atom. The van der Waals surface area contributed by atoms with Gasteiger partial charge in [-0.1, -0.05) is 18.2 Å². The van der Waals surface area contributed by atoms with Gasteiger partial charge in [-0.05, 0) is 49.2 Å². The van der Waals surface area contributed by atoms with Crippen molar-refractivity contribution in [2.24, 2.45) is 5.73 Å². The van der Waals surface area contributed by atoms with Crippen molar-refractivity contribution in [1.29, 1.82) is 0 Å². The van der Waals surface area contributed by atoms with Crippen LogP contribution in [0.2, 0.25) is 0 Å². The molecule has 0 radical (unpaired) electrons. The zero-order chi connectivity index (χ0) is 13.0. The molecular formula is C15H19N3. The van der Waals surface area contributed by atoms with E-state index in [0.29, 0.717) is 6.54 Å². The Labute approximate surface area is 108 Å². The lowest BCUT2D eigenvalue weighted by Crippen LogP contribution is -2.11. The van der Waals surface area contributed by atoms with Crippen molar-refractivity contribution in [2.45, 2.75) is 13.3 Å². The number of aromatic nitrogens is 1. The topological polar surface area (TPSA) is 42.1 Å². The summed E-state index contributed by atoms with van der Waals surface area (Å²) >= 11 is 0. The summed E-state index contributed by atoms with van der Waals surface area (Å²) in [6, 6.07) is 12.5. The van der Waals surface area contributed by atoms with Crippen molar-refractivity contribution >= 4 is 11.5 Å². The maximum absolute atomic E-state index is 5.53. The lowest BCUT2D eigenvalue weighted by atomic mass is 10.2. The highest BCUT2D eigenvalue weighted by Crippen LogP contribution is 2.22.